The number of aromatic nitrogens is 1. The van der Waals surface area contributed by atoms with Gasteiger partial charge in [0.1, 0.15) is 5.82 Å². The van der Waals surface area contributed by atoms with Crippen LogP contribution in [0.15, 0.2) is 24.4 Å². The average molecular weight is 291 g/mol. The quantitative estimate of drug-likeness (QED) is 0.654. The molecule has 1 aromatic rings. The molecular weight excluding hydrogens is 266 g/mol. The second-order valence-electron chi connectivity index (χ2n) is 5.40. The van der Waals surface area contributed by atoms with E-state index in [1.54, 1.807) is 6.20 Å². The molecule has 0 aromatic carbocycles. The summed E-state index contributed by atoms with van der Waals surface area (Å²) in [5.74, 6) is 0.633. The lowest BCUT2D eigenvalue weighted by atomic mass is 9.99. The normalized spacial score (nSPS) is 19.2. The van der Waals surface area contributed by atoms with Crippen LogP contribution in [0.25, 0.3) is 0 Å². The van der Waals surface area contributed by atoms with Crippen molar-refractivity contribution in [1.82, 2.24) is 20.6 Å². The summed E-state index contributed by atoms with van der Waals surface area (Å²) in [6, 6.07) is 6.04. The van der Waals surface area contributed by atoms with Crippen molar-refractivity contribution in [2.45, 2.75) is 31.7 Å². The van der Waals surface area contributed by atoms with Gasteiger partial charge in [0.25, 0.3) is 5.91 Å². The number of pyridine rings is 1. The summed E-state index contributed by atoms with van der Waals surface area (Å²) in [7, 11) is 1.97. The van der Waals surface area contributed by atoms with E-state index in [-0.39, 0.29) is 5.91 Å². The van der Waals surface area contributed by atoms with Crippen molar-refractivity contribution in [3.05, 3.63) is 24.4 Å². The Kier molecular flexibility index (Phi) is 6.43. The Hall–Kier alpha value is -1.66. The van der Waals surface area contributed by atoms with Gasteiger partial charge in [0.15, 0.2) is 0 Å². The first kappa shape index (κ1) is 15.7. The van der Waals surface area contributed by atoms with Crippen LogP contribution in [0.3, 0.4) is 0 Å². The van der Waals surface area contributed by atoms with Crippen molar-refractivity contribution in [3.8, 4) is 0 Å². The molecule has 6 nitrogen and oxygen atoms in total. The van der Waals surface area contributed by atoms with Crippen LogP contribution in [0, 0.1) is 0 Å². The van der Waals surface area contributed by atoms with Crippen LogP contribution >= 0.6 is 0 Å². The molecule has 1 saturated heterocycles. The highest BCUT2D eigenvalue weighted by Gasteiger charge is 2.23. The van der Waals surface area contributed by atoms with Crippen molar-refractivity contribution < 1.29 is 4.79 Å². The van der Waals surface area contributed by atoms with E-state index in [0.717, 1.165) is 19.5 Å². The minimum absolute atomic E-state index is 0.0167. The maximum atomic E-state index is 12.0. The van der Waals surface area contributed by atoms with Gasteiger partial charge in [0.2, 0.25) is 0 Å². The monoisotopic (exact) mass is 291 g/mol. The van der Waals surface area contributed by atoms with Crippen molar-refractivity contribution >= 4 is 11.7 Å². The minimum Gasteiger partial charge on any atom is -0.320 e. The number of anilines is 1. The molecule has 0 saturated carbocycles. The summed E-state index contributed by atoms with van der Waals surface area (Å²) in [5.41, 5.74) is 5.56. The second-order valence-corrected chi connectivity index (χ2v) is 5.40. The van der Waals surface area contributed by atoms with E-state index in [4.69, 9.17) is 0 Å². The molecule has 2 rings (SSSR count). The number of carbonyl (C=O) groups excluding carboxylic acids is 1. The number of amides is 1. The molecule has 1 aliphatic heterocycles. The molecule has 0 aliphatic carbocycles. The lowest BCUT2D eigenvalue weighted by Gasteiger charge is -2.35. The molecule has 1 amide bonds. The van der Waals surface area contributed by atoms with Gasteiger partial charge < -0.3 is 5.32 Å². The molecule has 2 heterocycles. The molecule has 21 heavy (non-hydrogen) atoms. The van der Waals surface area contributed by atoms with Crippen LogP contribution in [-0.2, 0) is 4.79 Å². The van der Waals surface area contributed by atoms with Gasteiger partial charge in [-0.15, -0.1) is 0 Å². The number of likely N-dealkylation sites (tertiary alicyclic amines) is 1. The van der Waals surface area contributed by atoms with Gasteiger partial charge in [-0.25, -0.2) is 4.98 Å². The highest BCUT2D eigenvalue weighted by molar-refractivity contribution is 5.79. The number of nitrogens with zero attached hydrogens (tertiary/aromatic N) is 2. The van der Waals surface area contributed by atoms with Crippen molar-refractivity contribution in [2.24, 2.45) is 0 Å². The lowest BCUT2D eigenvalue weighted by Crippen LogP contribution is -2.47. The largest absolute Gasteiger partial charge is 0.320 e. The maximum absolute atomic E-state index is 12.0. The Morgan fingerprint density at radius 3 is 3.10 bits per heavy atom. The molecule has 1 aliphatic rings. The van der Waals surface area contributed by atoms with Gasteiger partial charge in [0, 0.05) is 12.2 Å². The average Bonchev–Trinajstić information content (AvgIpc) is 2.53. The third kappa shape index (κ3) is 5.32. The third-order valence-corrected chi connectivity index (χ3v) is 3.82. The Balaban J connectivity index is 1.77. The van der Waals surface area contributed by atoms with E-state index in [1.807, 2.05) is 25.2 Å². The standard InChI is InChI=1S/C15H25N5O/c1-16-10-8-13-6-3-5-11-20(13)12-15(21)19-18-14-7-2-4-9-17-14/h2,4,7,9,13,16H,3,5-6,8,10-12H2,1H3,(H,17,18)(H,19,21). The molecule has 1 atom stereocenters. The topological polar surface area (TPSA) is 69.3 Å². The minimum atomic E-state index is -0.0167. The van der Waals surface area contributed by atoms with Crippen molar-refractivity contribution in [1.29, 1.82) is 0 Å². The third-order valence-electron chi connectivity index (χ3n) is 3.82. The first-order chi connectivity index (χ1) is 10.3. The maximum Gasteiger partial charge on any atom is 0.252 e. The second kappa shape index (κ2) is 8.59. The number of rotatable bonds is 7. The molecule has 3 N–H and O–H groups in total. The van der Waals surface area contributed by atoms with Crippen LogP contribution in [-0.4, -0.2) is 48.5 Å². The zero-order valence-electron chi connectivity index (χ0n) is 12.6. The van der Waals surface area contributed by atoms with Gasteiger partial charge in [0.05, 0.1) is 6.54 Å². The fraction of sp³-hybridized carbons (Fsp3) is 0.600. The van der Waals surface area contributed by atoms with Crippen LogP contribution in [0.5, 0.6) is 0 Å². The van der Waals surface area contributed by atoms with E-state index in [0.29, 0.717) is 18.4 Å². The van der Waals surface area contributed by atoms with Crippen LogP contribution in [0.2, 0.25) is 0 Å². The Morgan fingerprint density at radius 2 is 2.33 bits per heavy atom. The van der Waals surface area contributed by atoms with Crippen LogP contribution in [0.4, 0.5) is 5.82 Å². The number of nitrogens with one attached hydrogen (secondary N) is 3. The highest BCUT2D eigenvalue weighted by atomic mass is 16.2. The predicted molar refractivity (Wildman–Crippen MR) is 83.8 cm³/mol. The fourth-order valence-electron chi connectivity index (χ4n) is 2.70. The van der Waals surface area contributed by atoms with Crippen LogP contribution < -0.4 is 16.2 Å². The Bertz CT molecular complexity index is 425. The Labute approximate surface area is 126 Å². The zero-order valence-corrected chi connectivity index (χ0v) is 12.6. The zero-order chi connectivity index (χ0) is 14.9. The molecule has 0 bridgehead atoms. The van der Waals surface area contributed by atoms with Gasteiger partial charge in [-0.05, 0) is 51.5 Å². The van der Waals surface area contributed by atoms with Crippen LogP contribution in [0.1, 0.15) is 25.7 Å². The molecule has 0 spiro atoms. The SMILES string of the molecule is CNCCC1CCCCN1CC(=O)NNc1ccccn1. The van der Waals surface area contributed by atoms with Gasteiger partial charge in [-0.2, -0.15) is 0 Å². The number of piperidine rings is 1. The molecule has 1 fully saturated rings. The Morgan fingerprint density at radius 1 is 1.43 bits per heavy atom. The molecule has 0 radical (unpaired) electrons. The number of hydrogen-bond donors (Lipinski definition) is 3. The highest BCUT2D eigenvalue weighted by Crippen LogP contribution is 2.18. The first-order valence-corrected chi connectivity index (χ1v) is 7.64. The summed E-state index contributed by atoms with van der Waals surface area (Å²) >= 11 is 0. The van der Waals surface area contributed by atoms with E-state index >= 15 is 0 Å². The van der Waals surface area contributed by atoms with E-state index in [9.17, 15) is 4.79 Å². The molecular formula is C15H25N5O. The van der Waals surface area contributed by atoms with E-state index in [1.165, 1.54) is 19.3 Å². The number of hydrazine groups is 1. The summed E-state index contributed by atoms with van der Waals surface area (Å²) < 4.78 is 0. The van der Waals surface area contributed by atoms with Gasteiger partial charge in [-0.3, -0.25) is 20.5 Å². The smallest absolute Gasteiger partial charge is 0.252 e. The molecule has 1 aromatic heterocycles. The first-order valence-electron chi connectivity index (χ1n) is 7.64. The van der Waals surface area contributed by atoms with E-state index in [2.05, 4.69) is 26.1 Å². The molecule has 6 heteroatoms. The summed E-state index contributed by atoms with van der Waals surface area (Å²) in [4.78, 5) is 18.4. The number of hydrogen-bond acceptors (Lipinski definition) is 5. The molecule has 1 unspecified atom stereocenters. The van der Waals surface area contributed by atoms with Gasteiger partial charge >= 0.3 is 0 Å². The van der Waals surface area contributed by atoms with Gasteiger partial charge in [-0.1, -0.05) is 12.5 Å². The lowest BCUT2D eigenvalue weighted by molar-refractivity contribution is -0.122. The summed E-state index contributed by atoms with van der Waals surface area (Å²) in [5, 5.41) is 3.19. The summed E-state index contributed by atoms with van der Waals surface area (Å²) in [6.07, 6.45) is 6.41. The molecule has 116 valence electrons. The predicted octanol–water partition coefficient (Wildman–Crippen LogP) is 0.989. The fourth-order valence-corrected chi connectivity index (χ4v) is 2.70. The number of carbonyl (C=O) groups is 1. The summed E-state index contributed by atoms with van der Waals surface area (Å²) in [6.45, 7) is 2.44. The van der Waals surface area contributed by atoms with Crippen molar-refractivity contribution in [3.63, 3.8) is 0 Å². The van der Waals surface area contributed by atoms with Crippen molar-refractivity contribution in [2.75, 3.05) is 32.1 Å². The van der Waals surface area contributed by atoms with E-state index < -0.39 is 0 Å².